The van der Waals surface area contributed by atoms with E-state index in [2.05, 4.69) is 15.0 Å². The average molecular weight is 490 g/mol. The lowest BCUT2D eigenvalue weighted by Crippen LogP contribution is -2.38. The van der Waals surface area contributed by atoms with E-state index in [4.69, 9.17) is 15.8 Å². The predicted octanol–water partition coefficient (Wildman–Crippen LogP) is 4.16. The highest BCUT2D eigenvalue weighted by Crippen LogP contribution is 2.31. The zero-order valence-electron chi connectivity index (χ0n) is 20.2. The highest BCUT2D eigenvalue weighted by Gasteiger charge is 2.23. The minimum atomic E-state index is -0.491. The minimum Gasteiger partial charge on any atom is -0.481 e. The molecule has 3 aromatic heterocycles. The van der Waals surface area contributed by atoms with Gasteiger partial charge >= 0.3 is 0 Å². The largest absolute Gasteiger partial charge is 0.481 e. The van der Waals surface area contributed by atoms with Crippen LogP contribution in [0.2, 0.25) is 0 Å². The number of fused-ring (bicyclic) bond motifs is 1. The molecule has 5 rings (SSSR count). The lowest BCUT2D eigenvalue weighted by atomic mass is 9.98. The van der Waals surface area contributed by atoms with Crippen LogP contribution in [-0.2, 0) is 0 Å². The van der Waals surface area contributed by atoms with E-state index >= 15 is 0 Å². The second-order valence-corrected chi connectivity index (χ2v) is 8.37. The Hall–Kier alpha value is -5.07. The summed E-state index contributed by atoms with van der Waals surface area (Å²) < 4.78 is 6.97. The lowest BCUT2D eigenvalue weighted by Gasteiger charge is -2.27. The lowest BCUT2D eigenvalue weighted by molar-refractivity contribution is 0.398. The summed E-state index contributed by atoms with van der Waals surface area (Å²) in [4.78, 5) is 26.9. The quantitative estimate of drug-likeness (QED) is 0.279. The molecule has 0 spiro atoms. The molecule has 1 atom stereocenters. The summed E-state index contributed by atoms with van der Waals surface area (Å²) in [6.07, 6.45) is 4.48. The van der Waals surface area contributed by atoms with E-state index in [0.29, 0.717) is 28.2 Å². The van der Waals surface area contributed by atoms with E-state index in [1.165, 1.54) is 17.4 Å². The number of methoxy groups -OCH3 is 1. The molecule has 1 unspecified atom stereocenters. The molecule has 0 bridgehead atoms. The van der Waals surface area contributed by atoms with Gasteiger partial charge in [-0.15, -0.1) is 0 Å². The third-order valence-corrected chi connectivity index (χ3v) is 6.19. The standard InChI is InChI=1S/C28H23N7O2/c1-18(35(30)28-32-16-19(15-29)17-33-28)24-13-21-7-6-10-23(20-11-12-31-25(14-20)37-2)26(21)27(36)34(24)22-8-4-3-5-9-22/h3-14,16-18H,30H2,1-2H3. The zero-order chi connectivity index (χ0) is 25.9. The number of pyridine rings is 2. The summed E-state index contributed by atoms with van der Waals surface area (Å²) in [5.74, 6) is 7.14. The molecule has 182 valence electrons. The number of nitrogens with zero attached hydrogens (tertiary/aromatic N) is 6. The Morgan fingerprint density at radius 2 is 1.78 bits per heavy atom. The molecule has 0 saturated heterocycles. The Morgan fingerprint density at radius 1 is 1.03 bits per heavy atom. The van der Waals surface area contributed by atoms with Gasteiger partial charge in [-0.2, -0.15) is 5.26 Å². The van der Waals surface area contributed by atoms with Gasteiger partial charge in [-0.1, -0.05) is 36.4 Å². The molecule has 0 aliphatic carbocycles. The number of benzene rings is 2. The van der Waals surface area contributed by atoms with Crippen molar-refractivity contribution in [2.24, 2.45) is 5.84 Å². The molecule has 0 aliphatic rings. The van der Waals surface area contributed by atoms with Crippen LogP contribution >= 0.6 is 0 Å². The third kappa shape index (κ3) is 4.37. The summed E-state index contributed by atoms with van der Waals surface area (Å²) in [5.41, 5.74) is 3.09. The van der Waals surface area contributed by atoms with Crippen molar-refractivity contribution in [2.75, 3.05) is 12.1 Å². The van der Waals surface area contributed by atoms with Gasteiger partial charge in [0, 0.05) is 18.0 Å². The topological polar surface area (TPSA) is 123 Å². The molecule has 0 aliphatic heterocycles. The Balaban J connectivity index is 1.74. The molecule has 2 N–H and O–H groups in total. The van der Waals surface area contributed by atoms with Crippen molar-refractivity contribution in [1.29, 1.82) is 5.26 Å². The summed E-state index contributed by atoms with van der Waals surface area (Å²) in [6, 6.07) is 22.3. The normalized spacial score (nSPS) is 11.6. The Bertz CT molecular complexity index is 1680. The van der Waals surface area contributed by atoms with Gasteiger partial charge in [-0.05, 0) is 47.7 Å². The molecule has 0 fully saturated rings. The molecular formula is C28H23N7O2. The highest BCUT2D eigenvalue weighted by atomic mass is 16.5. The van der Waals surface area contributed by atoms with Gasteiger partial charge in [0.1, 0.15) is 6.07 Å². The van der Waals surface area contributed by atoms with Crippen LogP contribution in [0.25, 0.3) is 27.6 Å². The van der Waals surface area contributed by atoms with Crippen LogP contribution in [0.5, 0.6) is 5.88 Å². The Labute approximate surface area is 213 Å². The number of nitrogens with two attached hydrogens (primary N) is 1. The molecule has 0 amide bonds. The maximum Gasteiger partial charge on any atom is 0.263 e. The van der Waals surface area contributed by atoms with E-state index in [9.17, 15) is 4.79 Å². The molecule has 0 saturated carbocycles. The molecule has 9 heteroatoms. The summed E-state index contributed by atoms with van der Waals surface area (Å²) in [7, 11) is 1.56. The number of rotatable bonds is 6. The van der Waals surface area contributed by atoms with Crippen LogP contribution in [0, 0.1) is 11.3 Å². The maximum absolute atomic E-state index is 14.2. The summed E-state index contributed by atoms with van der Waals surface area (Å²) in [6.45, 7) is 1.87. The monoisotopic (exact) mass is 489 g/mol. The highest BCUT2D eigenvalue weighted by molar-refractivity contribution is 5.96. The molecule has 37 heavy (non-hydrogen) atoms. The number of hydrogen-bond donors (Lipinski definition) is 1. The third-order valence-electron chi connectivity index (χ3n) is 6.19. The number of anilines is 1. The van der Waals surface area contributed by atoms with Gasteiger partial charge in [-0.3, -0.25) is 14.4 Å². The number of aromatic nitrogens is 4. The Morgan fingerprint density at radius 3 is 2.49 bits per heavy atom. The summed E-state index contributed by atoms with van der Waals surface area (Å²) in [5, 5.41) is 11.8. The van der Waals surface area contributed by atoms with Crippen molar-refractivity contribution < 1.29 is 4.74 Å². The Kier molecular flexibility index (Phi) is 6.32. The number of ether oxygens (including phenoxy) is 1. The van der Waals surface area contributed by atoms with Crippen molar-refractivity contribution in [3.63, 3.8) is 0 Å². The maximum atomic E-state index is 14.2. The van der Waals surface area contributed by atoms with E-state index in [-0.39, 0.29) is 11.5 Å². The van der Waals surface area contributed by atoms with Crippen molar-refractivity contribution >= 4 is 16.7 Å². The van der Waals surface area contributed by atoms with Crippen molar-refractivity contribution in [3.8, 4) is 28.8 Å². The number of nitriles is 1. The molecule has 2 aromatic carbocycles. The molecule has 5 aromatic rings. The molecular weight excluding hydrogens is 466 g/mol. The van der Waals surface area contributed by atoms with E-state index in [0.717, 1.165) is 16.5 Å². The van der Waals surface area contributed by atoms with Crippen LogP contribution in [0.3, 0.4) is 0 Å². The summed E-state index contributed by atoms with van der Waals surface area (Å²) >= 11 is 0. The van der Waals surface area contributed by atoms with Crippen molar-refractivity contribution in [1.82, 2.24) is 19.5 Å². The van der Waals surface area contributed by atoms with E-state index in [1.54, 1.807) is 17.9 Å². The number of hydrazine groups is 1. The molecule has 3 heterocycles. The first kappa shape index (κ1) is 23.7. The van der Waals surface area contributed by atoms with Crippen molar-refractivity contribution in [2.45, 2.75) is 13.0 Å². The fourth-order valence-corrected chi connectivity index (χ4v) is 4.29. The van der Waals surface area contributed by atoms with E-state index < -0.39 is 6.04 Å². The minimum absolute atomic E-state index is 0.189. The second-order valence-electron chi connectivity index (χ2n) is 8.37. The number of para-hydroxylation sites is 1. The van der Waals surface area contributed by atoms with Gasteiger partial charge in [0.05, 0.1) is 42.2 Å². The van der Waals surface area contributed by atoms with Gasteiger partial charge in [-0.25, -0.2) is 20.8 Å². The smallest absolute Gasteiger partial charge is 0.263 e. The van der Waals surface area contributed by atoms with Crippen LogP contribution in [-0.4, -0.2) is 26.6 Å². The van der Waals surface area contributed by atoms with Gasteiger partial charge in [0.15, 0.2) is 0 Å². The van der Waals surface area contributed by atoms with Crippen LogP contribution in [0.1, 0.15) is 24.2 Å². The average Bonchev–Trinajstić information content (AvgIpc) is 2.96. The van der Waals surface area contributed by atoms with Gasteiger partial charge in [0.2, 0.25) is 11.8 Å². The molecule has 9 nitrogen and oxygen atoms in total. The van der Waals surface area contributed by atoms with Gasteiger partial charge in [0.25, 0.3) is 5.56 Å². The van der Waals surface area contributed by atoms with E-state index in [1.807, 2.05) is 79.7 Å². The zero-order valence-corrected chi connectivity index (χ0v) is 20.2. The van der Waals surface area contributed by atoms with Gasteiger partial charge < -0.3 is 4.74 Å². The predicted molar refractivity (Wildman–Crippen MR) is 141 cm³/mol. The van der Waals surface area contributed by atoms with Crippen LogP contribution < -0.4 is 21.1 Å². The van der Waals surface area contributed by atoms with Crippen molar-refractivity contribution in [3.05, 3.63) is 107 Å². The SMILES string of the molecule is COc1cc(-c2cccc3cc(C(C)N(N)c4ncc(C#N)cn4)n(-c4ccccc4)c(=O)c23)ccn1. The van der Waals surface area contributed by atoms with Crippen LogP contribution in [0.4, 0.5) is 5.95 Å². The number of hydrogen-bond acceptors (Lipinski definition) is 8. The first-order valence-corrected chi connectivity index (χ1v) is 11.5. The van der Waals surface area contributed by atoms with Crippen LogP contribution in [0.15, 0.2) is 90.1 Å². The fourth-order valence-electron chi connectivity index (χ4n) is 4.29. The second kappa shape index (κ2) is 9.89. The first-order valence-electron chi connectivity index (χ1n) is 11.5. The first-order chi connectivity index (χ1) is 18.0. The fraction of sp³-hybridized carbons (Fsp3) is 0.107. The molecule has 0 radical (unpaired) electrons.